The molecule has 0 saturated carbocycles. The van der Waals surface area contributed by atoms with Crippen molar-refractivity contribution in [2.45, 2.75) is 17.5 Å². The quantitative estimate of drug-likeness (QED) is 0.230. The first-order chi connectivity index (χ1) is 13.7. The normalized spacial score (nSPS) is 10.9. The van der Waals surface area contributed by atoms with Gasteiger partial charge < -0.3 is 4.90 Å². The average Bonchev–Trinajstić information content (AvgIpc) is 2.74. The summed E-state index contributed by atoms with van der Waals surface area (Å²) in [5.74, 6) is -0.210. The fourth-order valence-corrected chi connectivity index (χ4v) is 4.03. The maximum Gasteiger partial charge on any atom is 0.134 e. The number of alkyl halides is 1. The zero-order valence-corrected chi connectivity index (χ0v) is 17.5. The van der Waals surface area contributed by atoms with Crippen molar-refractivity contribution >= 4 is 39.1 Å². The number of benzene rings is 3. The Hall–Kier alpha value is -2.47. The number of nitrogens with zero attached hydrogens (tertiary/aromatic N) is 2. The Morgan fingerprint density at radius 1 is 0.821 bits per heavy atom. The molecule has 0 N–H and O–H groups in total. The minimum Gasteiger partial charge on any atom is -0.363 e. The fourth-order valence-electron chi connectivity index (χ4n) is 3.45. The lowest BCUT2D eigenvalue weighted by molar-refractivity contribution is 0.637. The molecule has 3 aromatic carbocycles. The highest BCUT2D eigenvalue weighted by atomic mass is 127. The first kappa shape index (κ1) is 18.9. The Labute approximate surface area is 178 Å². The smallest absolute Gasteiger partial charge is 0.134 e. The molecule has 0 bridgehead atoms. The summed E-state index contributed by atoms with van der Waals surface area (Å²) >= 11 is 2.23. The van der Waals surface area contributed by atoms with Crippen molar-refractivity contribution in [3.63, 3.8) is 0 Å². The first-order valence-corrected chi connectivity index (χ1v) is 10.7. The molecule has 0 unspecified atom stereocenters. The van der Waals surface area contributed by atoms with Crippen molar-refractivity contribution in [1.29, 1.82) is 0 Å². The van der Waals surface area contributed by atoms with Crippen molar-refractivity contribution in [2.75, 3.05) is 4.90 Å². The van der Waals surface area contributed by atoms with E-state index in [1.165, 1.54) is 11.1 Å². The summed E-state index contributed by atoms with van der Waals surface area (Å²) in [7, 11) is 0. The Morgan fingerprint density at radius 3 is 2.00 bits per heavy atom. The van der Waals surface area contributed by atoms with E-state index in [9.17, 15) is 0 Å². The fraction of sp³-hybridized carbons (Fsp3) is 0.125. The standard InChI is InChI=1S/C24H20FIN2/c25-22-14-21(13-20-11-12-27-23(15-26)24(20)22)28(16-18-7-3-1-4-8-18)17-19-9-5-2-6-10-19/h1-14H,15-17H2. The molecule has 0 atom stereocenters. The predicted molar refractivity (Wildman–Crippen MR) is 122 cm³/mol. The van der Waals surface area contributed by atoms with Crippen LogP contribution in [0.1, 0.15) is 16.8 Å². The van der Waals surface area contributed by atoms with Gasteiger partial charge in [0.05, 0.1) is 5.69 Å². The molecule has 0 aliphatic heterocycles. The Balaban J connectivity index is 1.77. The number of aromatic nitrogens is 1. The summed E-state index contributed by atoms with van der Waals surface area (Å²) in [6.07, 6.45) is 1.76. The van der Waals surface area contributed by atoms with Crippen molar-refractivity contribution in [2.24, 2.45) is 0 Å². The van der Waals surface area contributed by atoms with Crippen LogP contribution in [0.4, 0.5) is 10.1 Å². The van der Waals surface area contributed by atoms with Gasteiger partial charge in [-0.15, -0.1) is 0 Å². The van der Waals surface area contributed by atoms with Gasteiger partial charge in [-0.05, 0) is 34.7 Å². The van der Waals surface area contributed by atoms with Crippen molar-refractivity contribution in [3.05, 3.63) is 108 Å². The van der Waals surface area contributed by atoms with E-state index >= 15 is 4.39 Å². The maximum atomic E-state index is 15.1. The van der Waals surface area contributed by atoms with Crippen molar-refractivity contribution in [1.82, 2.24) is 4.98 Å². The average molecular weight is 482 g/mol. The SMILES string of the molecule is Fc1cc(N(Cc2ccccc2)Cc2ccccc2)cc2ccnc(CI)c12. The number of hydrogen-bond acceptors (Lipinski definition) is 2. The van der Waals surface area contributed by atoms with E-state index < -0.39 is 0 Å². The number of hydrogen-bond donors (Lipinski definition) is 0. The predicted octanol–water partition coefficient (Wildman–Crippen LogP) is 6.52. The van der Waals surface area contributed by atoms with E-state index in [0.29, 0.717) is 22.9 Å². The molecule has 140 valence electrons. The zero-order chi connectivity index (χ0) is 19.3. The van der Waals surface area contributed by atoms with E-state index in [1.807, 2.05) is 42.5 Å². The minimum absolute atomic E-state index is 0.210. The van der Waals surface area contributed by atoms with E-state index in [-0.39, 0.29) is 5.82 Å². The number of fused-ring (bicyclic) bond motifs is 1. The highest BCUT2D eigenvalue weighted by Gasteiger charge is 2.14. The molecule has 4 rings (SSSR count). The molecule has 0 radical (unpaired) electrons. The monoisotopic (exact) mass is 482 g/mol. The zero-order valence-electron chi connectivity index (χ0n) is 15.4. The molecule has 0 amide bonds. The molecule has 0 saturated heterocycles. The van der Waals surface area contributed by atoms with Crippen LogP contribution in [0.3, 0.4) is 0 Å². The largest absolute Gasteiger partial charge is 0.363 e. The van der Waals surface area contributed by atoms with Crippen molar-refractivity contribution < 1.29 is 4.39 Å². The van der Waals surface area contributed by atoms with Crippen LogP contribution in [-0.2, 0) is 17.5 Å². The topological polar surface area (TPSA) is 16.1 Å². The number of anilines is 1. The Bertz CT molecular complexity index is 1030. The Morgan fingerprint density at radius 2 is 1.43 bits per heavy atom. The second-order valence-corrected chi connectivity index (χ2v) is 7.51. The molecule has 28 heavy (non-hydrogen) atoms. The van der Waals surface area contributed by atoms with Gasteiger partial charge in [-0.2, -0.15) is 0 Å². The van der Waals surface area contributed by atoms with Gasteiger partial charge in [0.1, 0.15) is 5.82 Å². The summed E-state index contributed by atoms with van der Waals surface area (Å²) in [6, 6.07) is 26.2. The molecule has 1 heterocycles. The summed E-state index contributed by atoms with van der Waals surface area (Å²) in [5.41, 5.74) is 4.06. The van der Waals surface area contributed by atoms with Crippen LogP contribution in [0.2, 0.25) is 0 Å². The van der Waals surface area contributed by atoms with Crippen LogP contribution in [0.15, 0.2) is 85.1 Å². The third-order valence-electron chi connectivity index (χ3n) is 4.80. The molecular weight excluding hydrogens is 462 g/mol. The van der Waals surface area contributed by atoms with Crippen LogP contribution in [0, 0.1) is 5.82 Å². The highest BCUT2D eigenvalue weighted by molar-refractivity contribution is 14.1. The third kappa shape index (κ3) is 4.17. The summed E-state index contributed by atoms with van der Waals surface area (Å²) in [5, 5.41) is 1.52. The van der Waals surface area contributed by atoms with Crippen LogP contribution in [0.25, 0.3) is 10.8 Å². The molecule has 2 nitrogen and oxygen atoms in total. The van der Waals surface area contributed by atoms with E-state index in [2.05, 4.69) is 62.8 Å². The maximum absolute atomic E-state index is 15.1. The van der Waals surface area contributed by atoms with E-state index in [0.717, 1.165) is 16.8 Å². The van der Waals surface area contributed by atoms with Gasteiger partial charge >= 0.3 is 0 Å². The lowest BCUT2D eigenvalue weighted by Crippen LogP contribution is -2.22. The lowest BCUT2D eigenvalue weighted by Gasteiger charge is -2.26. The van der Waals surface area contributed by atoms with Gasteiger partial charge in [0.25, 0.3) is 0 Å². The van der Waals surface area contributed by atoms with Gasteiger partial charge in [0.2, 0.25) is 0 Å². The van der Waals surface area contributed by atoms with E-state index in [1.54, 1.807) is 12.3 Å². The van der Waals surface area contributed by atoms with Crippen LogP contribution >= 0.6 is 22.6 Å². The molecule has 0 aliphatic carbocycles. The van der Waals surface area contributed by atoms with Gasteiger partial charge in [-0.25, -0.2) is 4.39 Å². The van der Waals surface area contributed by atoms with Crippen LogP contribution in [-0.4, -0.2) is 4.98 Å². The molecule has 0 fully saturated rings. The molecule has 1 aromatic heterocycles. The summed E-state index contributed by atoms with van der Waals surface area (Å²) in [4.78, 5) is 6.55. The van der Waals surface area contributed by atoms with Crippen molar-refractivity contribution in [3.8, 4) is 0 Å². The molecule has 4 aromatic rings. The number of halogens is 2. The van der Waals surface area contributed by atoms with Gasteiger partial charge in [0.15, 0.2) is 0 Å². The third-order valence-corrected chi connectivity index (χ3v) is 5.53. The van der Waals surface area contributed by atoms with E-state index in [4.69, 9.17) is 0 Å². The lowest BCUT2D eigenvalue weighted by atomic mass is 10.1. The summed E-state index contributed by atoms with van der Waals surface area (Å²) < 4.78 is 15.7. The number of pyridine rings is 1. The molecule has 0 aliphatic rings. The van der Waals surface area contributed by atoms with Gasteiger partial charge in [-0.3, -0.25) is 4.98 Å². The molecule has 0 spiro atoms. The second kappa shape index (κ2) is 8.69. The first-order valence-electron chi connectivity index (χ1n) is 9.20. The second-order valence-electron chi connectivity index (χ2n) is 6.74. The highest BCUT2D eigenvalue weighted by Crippen LogP contribution is 2.30. The molecule has 4 heteroatoms. The van der Waals surface area contributed by atoms with Gasteiger partial charge in [-0.1, -0.05) is 83.3 Å². The van der Waals surface area contributed by atoms with Crippen LogP contribution in [0.5, 0.6) is 0 Å². The van der Waals surface area contributed by atoms with Crippen LogP contribution < -0.4 is 4.90 Å². The van der Waals surface area contributed by atoms with Gasteiger partial charge in [0, 0.05) is 34.8 Å². The minimum atomic E-state index is -0.210. The molecular formula is C24H20FIN2. The number of rotatable bonds is 6. The Kier molecular flexibility index (Phi) is 5.86. The summed E-state index contributed by atoms with van der Waals surface area (Å²) in [6.45, 7) is 1.43.